The number of aryl methyl sites for hydroxylation is 1. The maximum absolute atomic E-state index is 13.1. The summed E-state index contributed by atoms with van der Waals surface area (Å²) in [5.74, 6) is 1.000. The third-order valence-electron chi connectivity index (χ3n) is 6.49. The Bertz CT molecular complexity index is 1370. The summed E-state index contributed by atoms with van der Waals surface area (Å²) in [7, 11) is 0. The lowest BCUT2D eigenvalue weighted by molar-refractivity contribution is -0.0795. The number of ether oxygens (including phenoxy) is 2. The van der Waals surface area contributed by atoms with Gasteiger partial charge in [0.2, 0.25) is 5.89 Å². The number of anilines is 1. The molecule has 0 saturated carbocycles. The van der Waals surface area contributed by atoms with Crippen LogP contribution < -0.4 is 15.4 Å². The molecule has 2 saturated heterocycles. The van der Waals surface area contributed by atoms with Crippen molar-refractivity contribution in [1.82, 2.24) is 19.9 Å². The number of benzene rings is 1. The molecule has 180 valence electrons. The van der Waals surface area contributed by atoms with Crippen molar-refractivity contribution in [2.24, 2.45) is 0 Å². The average Bonchev–Trinajstić information content (AvgIpc) is 3.49. The quantitative estimate of drug-likeness (QED) is 0.439. The van der Waals surface area contributed by atoms with Gasteiger partial charge in [0, 0.05) is 11.5 Å². The van der Waals surface area contributed by atoms with Crippen molar-refractivity contribution in [3.8, 4) is 17.2 Å². The van der Waals surface area contributed by atoms with E-state index in [4.69, 9.17) is 19.0 Å². The standard InChI is InChI=1S/C26H27N5O4/c1-16-3-2-4-18(9-16)26-29-23(15-34-26)25(32)28-22-11-19-10-21(17-5-7-27-8-6-17)30-31(19)12-24(22)35-20-13-33-14-20/h2-4,9-12,15,17,20,27H,5-8,13-14H2,1H3,(H,28,32). The van der Waals surface area contributed by atoms with Gasteiger partial charge in [-0.15, -0.1) is 0 Å². The number of nitrogens with zero attached hydrogens (tertiary/aromatic N) is 3. The minimum atomic E-state index is -0.371. The molecule has 2 aliphatic heterocycles. The van der Waals surface area contributed by atoms with Gasteiger partial charge in [-0.1, -0.05) is 17.7 Å². The number of rotatable bonds is 6. The van der Waals surface area contributed by atoms with Crippen LogP contribution in [0, 0.1) is 6.92 Å². The molecule has 0 spiro atoms. The summed E-state index contributed by atoms with van der Waals surface area (Å²) in [6, 6.07) is 11.8. The molecule has 2 fully saturated rings. The van der Waals surface area contributed by atoms with Gasteiger partial charge in [-0.25, -0.2) is 9.50 Å². The second-order valence-electron chi connectivity index (χ2n) is 9.15. The maximum atomic E-state index is 13.1. The molecule has 0 bridgehead atoms. The summed E-state index contributed by atoms with van der Waals surface area (Å²) in [4.78, 5) is 17.5. The summed E-state index contributed by atoms with van der Waals surface area (Å²) >= 11 is 0. The van der Waals surface area contributed by atoms with Gasteiger partial charge >= 0.3 is 0 Å². The van der Waals surface area contributed by atoms with Crippen LogP contribution in [0.4, 0.5) is 5.69 Å². The van der Waals surface area contributed by atoms with Gasteiger partial charge < -0.3 is 24.5 Å². The molecule has 6 rings (SSSR count). The zero-order valence-corrected chi connectivity index (χ0v) is 19.5. The summed E-state index contributed by atoms with van der Waals surface area (Å²) < 4.78 is 18.8. The molecular formula is C26H27N5O4. The molecule has 0 atom stereocenters. The number of hydrogen-bond acceptors (Lipinski definition) is 7. The molecule has 5 heterocycles. The normalized spacial score (nSPS) is 16.8. The highest BCUT2D eigenvalue weighted by Gasteiger charge is 2.24. The Balaban J connectivity index is 1.28. The van der Waals surface area contributed by atoms with Crippen LogP contribution in [0.25, 0.3) is 17.0 Å². The molecule has 0 unspecified atom stereocenters. The van der Waals surface area contributed by atoms with Crippen LogP contribution in [0.3, 0.4) is 0 Å². The molecule has 35 heavy (non-hydrogen) atoms. The topological polar surface area (TPSA) is 103 Å². The van der Waals surface area contributed by atoms with Crippen LogP contribution in [0.5, 0.6) is 5.75 Å². The van der Waals surface area contributed by atoms with Gasteiger partial charge in [0.05, 0.1) is 36.3 Å². The molecule has 2 N–H and O–H groups in total. The van der Waals surface area contributed by atoms with Crippen molar-refractivity contribution in [3.05, 3.63) is 65.8 Å². The number of amides is 1. The van der Waals surface area contributed by atoms with Crippen molar-refractivity contribution in [2.45, 2.75) is 31.8 Å². The zero-order chi connectivity index (χ0) is 23.8. The Morgan fingerprint density at radius 2 is 2.06 bits per heavy atom. The monoisotopic (exact) mass is 473 g/mol. The predicted octanol–water partition coefficient (Wildman–Crippen LogP) is 3.79. The highest BCUT2D eigenvalue weighted by molar-refractivity contribution is 6.04. The first kappa shape index (κ1) is 21.8. The fourth-order valence-corrected chi connectivity index (χ4v) is 4.49. The highest BCUT2D eigenvalue weighted by atomic mass is 16.6. The second-order valence-corrected chi connectivity index (χ2v) is 9.15. The molecule has 0 radical (unpaired) electrons. The van der Waals surface area contributed by atoms with Gasteiger partial charge in [0.1, 0.15) is 12.4 Å². The maximum Gasteiger partial charge on any atom is 0.277 e. The number of pyridine rings is 1. The van der Waals surface area contributed by atoms with Crippen LogP contribution in [-0.2, 0) is 4.74 Å². The lowest BCUT2D eigenvalue weighted by Crippen LogP contribution is -2.38. The average molecular weight is 474 g/mol. The van der Waals surface area contributed by atoms with E-state index < -0.39 is 0 Å². The van der Waals surface area contributed by atoms with Crippen molar-refractivity contribution in [2.75, 3.05) is 31.6 Å². The van der Waals surface area contributed by atoms with E-state index in [1.165, 1.54) is 6.26 Å². The zero-order valence-electron chi connectivity index (χ0n) is 19.5. The van der Waals surface area contributed by atoms with E-state index in [0.717, 1.165) is 48.3 Å². The first-order valence-corrected chi connectivity index (χ1v) is 11.9. The Morgan fingerprint density at radius 3 is 2.83 bits per heavy atom. The molecule has 3 aromatic heterocycles. The van der Waals surface area contributed by atoms with Gasteiger partial charge in [-0.2, -0.15) is 5.10 Å². The number of piperidine rings is 1. The SMILES string of the molecule is Cc1cccc(-c2nc(C(=O)Nc3cc4cc(C5CCNCC5)nn4cc3OC3COC3)co2)c1. The van der Waals surface area contributed by atoms with Crippen LogP contribution in [0.15, 0.2) is 53.3 Å². The van der Waals surface area contributed by atoms with Crippen molar-refractivity contribution >= 4 is 17.1 Å². The highest BCUT2D eigenvalue weighted by Crippen LogP contribution is 2.32. The number of nitrogens with one attached hydrogen (secondary N) is 2. The molecule has 1 amide bonds. The number of aromatic nitrogens is 3. The first-order valence-electron chi connectivity index (χ1n) is 11.9. The van der Waals surface area contributed by atoms with E-state index in [-0.39, 0.29) is 17.7 Å². The van der Waals surface area contributed by atoms with Crippen LogP contribution >= 0.6 is 0 Å². The van der Waals surface area contributed by atoms with E-state index >= 15 is 0 Å². The van der Waals surface area contributed by atoms with Gasteiger partial charge in [0.15, 0.2) is 11.4 Å². The smallest absolute Gasteiger partial charge is 0.277 e. The van der Waals surface area contributed by atoms with Gasteiger partial charge in [0.25, 0.3) is 5.91 Å². The van der Waals surface area contributed by atoms with Crippen LogP contribution in [-0.4, -0.2) is 52.9 Å². The molecule has 9 heteroatoms. The Hall–Kier alpha value is -3.69. The lowest BCUT2D eigenvalue weighted by Gasteiger charge is -2.27. The molecule has 2 aliphatic rings. The summed E-state index contributed by atoms with van der Waals surface area (Å²) in [5.41, 5.74) is 4.63. The molecule has 9 nitrogen and oxygen atoms in total. The predicted molar refractivity (Wildman–Crippen MR) is 130 cm³/mol. The fourth-order valence-electron chi connectivity index (χ4n) is 4.49. The number of oxazole rings is 1. The third-order valence-corrected chi connectivity index (χ3v) is 6.49. The Morgan fingerprint density at radius 1 is 1.20 bits per heavy atom. The summed E-state index contributed by atoms with van der Waals surface area (Å²) in [5, 5.41) is 11.2. The van der Waals surface area contributed by atoms with Crippen LogP contribution in [0.2, 0.25) is 0 Å². The Labute approximate surface area is 202 Å². The number of carbonyl (C=O) groups excluding carboxylic acids is 1. The second kappa shape index (κ2) is 9.16. The first-order chi connectivity index (χ1) is 17.1. The number of carbonyl (C=O) groups is 1. The van der Waals surface area contributed by atoms with Crippen molar-refractivity contribution < 1.29 is 18.7 Å². The molecule has 1 aromatic carbocycles. The third kappa shape index (κ3) is 4.52. The van der Waals surface area contributed by atoms with E-state index in [1.807, 2.05) is 48.0 Å². The minimum Gasteiger partial charge on any atom is -0.482 e. The van der Waals surface area contributed by atoms with Gasteiger partial charge in [-0.3, -0.25) is 4.79 Å². The summed E-state index contributed by atoms with van der Waals surface area (Å²) in [6.45, 7) is 5.04. The van der Waals surface area contributed by atoms with Crippen LogP contribution in [0.1, 0.15) is 40.5 Å². The Kier molecular flexibility index (Phi) is 5.71. The minimum absolute atomic E-state index is 0.0532. The number of hydrogen-bond donors (Lipinski definition) is 2. The van der Waals surface area contributed by atoms with Gasteiger partial charge in [-0.05, 0) is 57.1 Å². The van der Waals surface area contributed by atoms with E-state index in [1.54, 1.807) is 0 Å². The van der Waals surface area contributed by atoms with Crippen molar-refractivity contribution in [1.29, 1.82) is 0 Å². The van der Waals surface area contributed by atoms with E-state index in [0.29, 0.717) is 36.5 Å². The number of fused-ring (bicyclic) bond motifs is 1. The fraction of sp³-hybridized carbons (Fsp3) is 0.346. The largest absolute Gasteiger partial charge is 0.482 e. The van der Waals surface area contributed by atoms with Crippen molar-refractivity contribution in [3.63, 3.8) is 0 Å². The molecular weight excluding hydrogens is 446 g/mol. The molecule has 0 aliphatic carbocycles. The van der Waals surface area contributed by atoms with E-state index in [2.05, 4.69) is 21.7 Å². The summed E-state index contributed by atoms with van der Waals surface area (Å²) in [6.07, 6.45) is 5.27. The lowest BCUT2D eigenvalue weighted by atomic mass is 9.95. The van der Waals surface area contributed by atoms with E-state index in [9.17, 15) is 4.79 Å². The molecule has 4 aromatic rings.